The Morgan fingerprint density at radius 3 is 2.89 bits per heavy atom. The van der Waals surface area contributed by atoms with Crippen molar-refractivity contribution < 1.29 is 9.59 Å². The highest BCUT2D eigenvalue weighted by atomic mass is 16.2. The number of fused-ring (bicyclic) bond motifs is 1. The lowest BCUT2D eigenvalue weighted by Gasteiger charge is -2.16. The molecule has 2 aliphatic heterocycles. The van der Waals surface area contributed by atoms with Crippen LogP contribution in [-0.4, -0.2) is 29.4 Å². The lowest BCUT2D eigenvalue weighted by molar-refractivity contribution is -0.119. The quantitative estimate of drug-likeness (QED) is 0.793. The van der Waals surface area contributed by atoms with Crippen LogP contribution in [0.1, 0.15) is 18.4 Å². The minimum Gasteiger partial charge on any atom is -0.326 e. The van der Waals surface area contributed by atoms with Crippen LogP contribution in [0, 0.1) is 0 Å². The number of imide groups is 1. The number of anilines is 1. The Bertz CT molecular complexity index is 493. The van der Waals surface area contributed by atoms with Gasteiger partial charge >= 0.3 is 6.03 Å². The fraction of sp³-hybridized carbons (Fsp3) is 0.385. The summed E-state index contributed by atoms with van der Waals surface area (Å²) in [5, 5.41) is 0. The Morgan fingerprint density at radius 1 is 1.33 bits per heavy atom. The largest absolute Gasteiger partial charge is 0.332 e. The van der Waals surface area contributed by atoms with Gasteiger partial charge in [0.1, 0.15) is 6.04 Å². The van der Waals surface area contributed by atoms with Crippen molar-refractivity contribution in [1.82, 2.24) is 4.90 Å². The minimum atomic E-state index is -0.251. The van der Waals surface area contributed by atoms with Crippen molar-refractivity contribution in [2.75, 3.05) is 11.4 Å². The summed E-state index contributed by atoms with van der Waals surface area (Å²) in [7, 11) is 0. The number of rotatable bonds is 2. The third-order valence-corrected chi connectivity index (χ3v) is 3.60. The van der Waals surface area contributed by atoms with Gasteiger partial charge < -0.3 is 10.6 Å². The number of hydrogen-bond donors (Lipinski definition) is 1. The van der Waals surface area contributed by atoms with Gasteiger partial charge in [-0.25, -0.2) is 9.69 Å². The predicted octanol–water partition coefficient (Wildman–Crippen LogP) is 1.08. The van der Waals surface area contributed by atoms with Crippen LogP contribution in [0.25, 0.3) is 0 Å². The van der Waals surface area contributed by atoms with E-state index >= 15 is 0 Å². The third kappa shape index (κ3) is 1.51. The lowest BCUT2D eigenvalue weighted by Crippen LogP contribution is -2.33. The molecule has 2 saturated heterocycles. The van der Waals surface area contributed by atoms with E-state index in [-0.39, 0.29) is 18.0 Å². The van der Waals surface area contributed by atoms with E-state index in [1.54, 1.807) is 17.0 Å². The number of carbonyl (C=O) groups excluding carboxylic acids is 2. The molecular weight excluding hydrogens is 230 g/mol. The average molecular weight is 245 g/mol. The van der Waals surface area contributed by atoms with E-state index in [1.807, 2.05) is 12.1 Å². The van der Waals surface area contributed by atoms with E-state index in [2.05, 4.69) is 0 Å². The van der Waals surface area contributed by atoms with Crippen molar-refractivity contribution in [3.63, 3.8) is 0 Å². The molecule has 2 fully saturated rings. The summed E-state index contributed by atoms with van der Waals surface area (Å²) < 4.78 is 0. The first kappa shape index (κ1) is 11.2. The molecule has 5 nitrogen and oxygen atoms in total. The smallest absolute Gasteiger partial charge is 0.326 e. The number of urea groups is 1. The van der Waals surface area contributed by atoms with Gasteiger partial charge in [0.25, 0.3) is 5.91 Å². The summed E-state index contributed by atoms with van der Waals surface area (Å²) in [4.78, 5) is 27.4. The van der Waals surface area contributed by atoms with Crippen molar-refractivity contribution in [1.29, 1.82) is 0 Å². The highest BCUT2D eigenvalue weighted by molar-refractivity contribution is 6.21. The Balaban J connectivity index is 1.97. The molecule has 2 N–H and O–H groups in total. The molecule has 2 heterocycles. The topological polar surface area (TPSA) is 66.6 Å². The Kier molecular flexibility index (Phi) is 2.56. The Labute approximate surface area is 105 Å². The van der Waals surface area contributed by atoms with Gasteiger partial charge in [0.15, 0.2) is 0 Å². The number of amides is 3. The van der Waals surface area contributed by atoms with Crippen LogP contribution < -0.4 is 10.6 Å². The molecule has 0 aromatic heterocycles. The Hall–Kier alpha value is -1.88. The summed E-state index contributed by atoms with van der Waals surface area (Å²) in [6, 6.07) is 6.84. The molecule has 3 amide bonds. The second kappa shape index (κ2) is 4.10. The first-order valence-corrected chi connectivity index (χ1v) is 6.16. The maximum absolute atomic E-state index is 12.2. The number of nitrogens with two attached hydrogens (primary N) is 1. The van der Waals surface area contributed by atoms with Gasteiger partial charge in [-0.1, -0.05) is 12.1 Å². The summed E-state index contributed by atoms with van der Waals surface area (Å²) in [6.07, 6.45) is 1.69. The van der Waals surface area contributed by atoms with Gasteiger partial charge in [0.05, 0.1) is 5.69 Å². The molecule has 3 rings (SSSR count). The minimum absolute atomic E-state index is 0.105. The van der Waals surface area contributed by atoms with Crippen LogP contribution in [-0.2, 0) is 11.3 Å². The van der Waals surface area contributed by atoms with Gasteiger partial charge in [-0.3, -0.25) is 4.79 Å². The van der Waals surface area contributed by atoms with E-state index in [9.17, 15) is 9.59 Å². The first-order chi connectivity index (χ1) is 8.72. The van der Waals surface area contributed by atoms with Gasteiger partial charge in [-0.15, -0.1) is 0 Å². The molecule has 1 atom stereocenters. The monoisotopic (exact) mass is 245 g/mol. The van der Waals surface area contributed by atoms with Crippen LogP contribution in [0.4, 0.5) is 10.5 Å². The molecule has 5 heteroatoms. The second-order valence-electron chi connectivity index (χ2n) is 4.68. The van der Waals surface area contributed by atoms with Crippen molar-refractivity contribution in [3.8, 4) is 0 Å². The normalized spacial score (nSPS) is 22.8. The van der Waals surface area contributed by atoms with Gasteiger partial charge in [-0.2, -0.15) is 0 Å². The predicted molar refractivity (Wildman–Crippen MR) is 66.9 cm³/mol. The van der Waals surface area contributed by atoms with Gasteiger partial charge in [0, 0.05) is 13.1 Å². The SMILES string of the molecule is NCc1cccc(N2C(=O)C3CCCN3C2=O)c1. The van der Waals surface area contributed by atoms with Crippen LogP contribution in [0.3, 0.4) is 0 Å². The zero-order valence-electron chi connectivity index (χ0n) is 10.0. The van der Waals surface area contributed by atoms with Gasteiger partial charge in [0.2, 0.25) is 0 Å². The maximum atomic E-state index is 12.2. The summed E-state index contributed by atoms with van der Waals surface area (Å²) in [6.45, 7) is 1.08. The molecule has 0 aliphatic carbocycles. The Morgan fingerprint density at radius 2 is 2.17 bits per heavy atom. The van der Waals surface area contributed by atoms with Crippen molar-refractivity contribution >= 4 is 17.6 Å². The number of nitrogens with zero attached hydrogens (tertiary/aromatic N) is 2. The lowest BCUT2D eigenvalue weighted by atomic mass is 10.1. The molecular formula is C13H15N3O2. The maximum Gasteiger partial charge on any atom is 0.332 e. The molecule has 0 bridgehead atoms. The standard InChI is InChI=1S/C13H15N3O2/c14-8-9-3-1-4-10(7-9)16-12(17)11-5-2-6-15(11)13(16)18/h1,3-4,7,11H,2,5-6,8,14H2. The number of benzene rings is 1. The van der Waals surface area contributed by atoms with Crippen LogP contribution in [0.2, 0.25) is 0 Å². The van der Waals surface area contributed by atoms with Crippen molar-refractivity contribution in [2.45, 2.75) is 25.4 Å². The summed E-state index contributed by atoms with van der Waals surface area (Å²) in [5.74, 6) is -0.105. The summed E-state index contributed by atoms with van der Waals surface area (Å²) >= 11 is 0. The highest BCUT2D eigenvalue weighted by Gasteiger charge is 2.47. The van der Waals surface area contributed by atoms with Crippen LogP contribution in [0.15, 0.2) is 24.3 Å². The molecule has 1 aromatic carbocycles. The molecule has 0 spiro atoms. The molecule has 18 heavy (non-hydrogen) atoms. The molecule has 94 valence electrons. The summed E-state index contributed by atoms with van der Waals surface area (Å²) in [5.41, 5.74) is 7.12. The van der Waals surface area contributed by atoms with E-state index in [4.69, 9.17) is 5.73 Å². The molecule has 1 aromatic rings. The highest BCUT2D eigenvalue weighted by Crippen LogP contribution is 2.31. The second-order valence-corrected chi connectivity index (χ2v) is 4.68. The molecule has 2 aliphatic rings. The zero-order valence-corrected chi connectivity index (χ0v) is 10.0. The van der Waals surface area contributed by atoms with E-state index in [0.717, 1.165) is 18.4 Å². The van der Waals surface area contributed by atoms with E-state index < -0.39 is 0 Å². The van der Waals surface area contributed by atoms with Crippen LogP contribution in [0.5, 0.6) is 0 Å². The first-order valence-electron chi connectivity index (χ1n) is 6.16. The van der Waals surface area contributed by atoms with Crippen LogP contribution >= 0.6 is 0 Å². The number of hydrogen-bond acceptors (Lipinski definition) is 3. The molecule has 0 radical (unpaired) electrons. The van der Waals surface area contributed by atoms with Crippen molar-refractivity contribution in [2.24, 2.45) is 5.73 Å². The fourth-order valence-electron chi connectivity index (χ4n) is 2.68. The third-order valence-electron chi connectivity index (χ3n) is 3.60. The average Bonchev–Trinajstić information content (AvgIpc) is 2.95. The number of carbonyl (C=O) groups is 2. The molecule has 0 saturated carbocycles. The van der Waals surface area contributed by atoms with Crippen molar-refractivity contribution in [3.05, 3.63) is 29.8 Å². The molecule has 1 unspecified atom stereocenters. The van der Waals surface area contributed by atoms with Gasteiger partial charge in [-0.05, 0) is 30.5 Å². The fourth-order valence-corrected chi connectivity index (χ4v) is 2.68. The van der Waals surface area contributed by atoms with E-state index in [1.165, 1.54) is 4.90 Å². The zero-order chi connectivity index (χ0) is 12.7. The van der Waals surface area contributed by atoms with E-state index in [0.29, 0.717) is 18.8 Å².